The minimum atomic E-state index is 0.294. The number of piperidine rings is 1. The molecule has 1 aliphatic carbocycles. The fourth-order valence-corrected chi connectivity index (χ4v) is 5.23. The first-order valence-corrected chi connectivity index (χ1v) is 11.5. The number of aryl methyl sites for hydroxylation is 2. The third-order valence-electron chi connectivity index (χ3n) is 6.95. The van der Waals surface area contributed by atoms with Gasteiger partial charge in [-0.2, -0.15) is 5.10 Å². The molecule has 1 N–H and O–H groups in total. The van der Waals surface area contributed by atoms with Crippen LogP contribution in [0, 0.1) is 12.8 Å². The second kappa shape index (κ2) is 9.47. The van der Waals surface area contributed by atoms with Gasteiger partial charge < -0.3 is 19.9 Å². The van der Waals surface area contributed by atoms with E-state index in [4.69, 9.17) is 4.74 Å². The van der Waals surface area contributed by atoms with E-state index in [9.17, 15) is 4.79 Å². The Balaban J connectivity index is 1.30. The van der Waals surface area contributed by atoms with Gasteiger partial charge in [0.25, 0.3) is 0 Å². The number of hydrogen-bond acceptors (Lipinski definition) is 5. The lowest BCUT2D eigenvalue weighted by molar-refractivity contribution is -0.137. The first-order valence-electron chi connectivity index (χ1n) is 11.5. The molecule has 0 unspecified atom stereocenters. The van der Waals surface area contributed by atoms with Gasteiger partial charge in [-0.3, -0.25) is 9.48 Å². The summed E-state index contributed by atoms with van der Waals surface area (Å²) in [7, 11) is 2.04. The van der Waals surface area contributed by atoms with Gasteiger partial charge in [-0.15, -0.1) is 0 Å². The van der Waals surface area contributed by atoms with Crippen molar-refractivity contribution in [3.8, 4) is 0 Å². The number of morpholine rings is 1. The average molecular weight is 404 g/mol. The van der Waals surface area contributed by atoms with Crippen LogP contribution in [-0.2, 0) is 23.1 Å². The monoisotopic (exact) mass is 403 g/mol. The highest BCUT2D eigenvalue weighted by atomic mass is 16.5. The number of nitrogens with zero attached hydrogens (tertiary/aromatic N) is 4. The SMILES string of the molecule is Cc1nn(C)c(N2CCOCC2)c1CNC1CCN(C(=O)C2CCCCC2)CC1. The Morgan fingerprint density at radius 3 is 2.45 bits per heavy atom. The zero-order valence-corrected chi connectivity index (χ0v) is 18.2. The normalized spacial score (nSPS) is 22.3. The van der Waals surface area contributed by atoms with Crippen LogP contribution in [0.25, 0.3) is 0 Å². The van der Waals surface area contributed by atoms with Crippen LogP contribution in [0.2, 0.25) is 0 Å². The zero-order valence-electron chi connectivity index (χ0n) is 18.2. The van der Waals surface area contributed by atoms with Gasteiger partial charge in [-0.05, 0) is 32.6 Å². The van der Waals surface area contributed by atoms with Gasteiger partial charge in [0.15, 0.2) is 0 Å². The summed E-state index contributed by atoms with van der Waals surface area (Å²) in [6.45, 7) is 8.15. The second-order valence-corrected chi connectivity index (χ2v) is 8.93. The largest absolute Gasteiger partial charge is 0.378 e. The maximum Gasteiger partial charge on any atom is 0.225 e. The third kappa shape index (κ3) is 4.77. The molecule has 0 radical (unpaired) electrons. The smallest absolute Gasteiger partial charge is 0.225 e. The molecule has 3 heterocycles. The number of likely N-dealkylation sites (tertiary alicyclic amines) is 1. The molecule has 7 heteroatoms. The molecule has 7 nitrogen and oxygen atoms in total. The van der Waals surface area contributed by atoms with Crippen molar-refractivity contribution in [3.05, 3.63) is 11.3 Å². The highest BCUT2D eigenvalue weighted by molar-refractivity contribution is 5.79. The number of carbonyl (C=O) groups is 1. The fraction of sp³-hybridized carbons (Fsp3) is 0.818. The Morgan fingerprint density at radius 2 is 1.76 bits per heavy atom. The lowest BCUT2D eigenvalue weighted by atomic mass is 9.87. The van der Waals surface area contributed by atoms with Crippen molar-refractivity contribution in [1.82, 2.24) is 20.0 Å². The van der Waals surface area contributed by atoms with Crippen LogP contribution in [0.5, 0.6) is 0 Å². The number of rotatable bonds is 5. The summed E-state index contributed by atoms with van der Waals surface area (Å²) in [5.41, 5.74) is 2.40. The van der Waals surface area contributed by atoms with Crippen molar-refractivity contribution in [1.29, 1.82) is 0 Å². The minimum absolute atomic E-state index is 0.294. The highest BCUT2D eigenvalue weighted by Gasteiger charge is 2.29. The molecule has 1 saturated carbocycles. The molecule has 1 amide bonds. The van der Waals surface area contributed by atoms with Gasteiger partial charge in [0, 0.05) is 57.3 Å². The van der Waals surface area contributed by atoms with Crippen molar-refractivity contribution < 1.29 is 9.53 Å². The molecule has 0 aromatic carbocycles. The summed E-state index contributed by atoms with van der Waals surface area (Å²) in [4.78, 5) is 17.3. The lowest BCUT2D eigenvalue weighted by Gasteiger charge is -2.35. The van der Waals surface area contributed by atoms with Gasteiger partial charge in [0.2, 0.25) is 5.91 Å². The van der Waals surface area contributed by atoms with Crippen LogP contribution in [0.1, 0.15) is 56.2 Å². The molecule has 4 rings (SSSR count). The van der Waals surface area contributed by atoms with Gasteiger partial charge in [-0.25, -0.2) is 0 Å². The number of amides is 1. The van der Waals surface area contributed by atoms with E-state index < -0.39 is 0 Å². The Morgan fingerprint density at radius 1 is 1.07 bits per heavy atom. The molecule has 3 fully saturated rings. The molecule has 162 valence electrons. The fourth-order valence-electron chi connectivity index (χ4n) is 5.23. The van der Waals surface area contributed by atoms with Crippen LogP contribution >= 0.6 is 0 Å². The van der Waals surface area contributed by atoms with E-state index in [1.165, 1.54) is 30.6 Å². The summed E-state index contributed by atoms with van der Waals surface area (Å²) in [6, 6.07) is 0.475. The molecule has 0 bridgehead atoms. The molecule has 1 aromatic heterocycles. The second-order valence-electron chi connectivity index (χ2n) is 8.93. The highest BCUT2D eigenvalue weighted by Crippen LogP contribution is 2.27. The van der Waals surface area contributed by atoms with E-state index in [0.717, 1.165) is 77.3 Å². The molecule has 2 aliphatic heterocycles. The Hall–Kier alpha value is -1.60. The maximum absolute atomic E-state index is 12.8. The van der Waals surface area contributed by atoms with Crippen LogP contribution in [0.4, 0.5) is 5.82 Å². The topological polar surface area (TPSA) is 62.6 Å². The van der Waals surface area contributed by atoms with E-state index in [1.807, 2.05) is 11.7 Å². The van der Waals surface area contributed by atoms with E-state index in [2.05, 4.69) is 27.1 Å². The molecule has 0 atom stereocenters. The molecule has 29 heavy (non-hydrogen) atoms. The third-order valence-corrected chi connectivity index (χ3v) is 6.95. The Labute approximate surface area is 174 Å². The first-order chi connectivity index (χ1) is 14.1. The molecule has 0 spiro atoms. The standard InChI is InChI=1S/C22H37N5O2/c1-17-20(21(25(2)24-17)26-12-14-29-15-13-26)16-23-19-8-10-27(11-9-19)22(28)18-6-4-3-5-7-18/h18-19,23H,3-16H2,1-2H3. The number of hydrogen-bond donors (Lipinski definition) is 1. The van der Waals surface area contributed by atoms with Crippen LogP contribution in [0.3, 0.4) is 0 Å². The molecule has 2 saturated heterocycles. The Kier molecular flexibility index (Phi) is 6.75. The summed E-state index contributed by atoms with van der Waals surface area (Å²) in [6.07, 6.45) is 8.04. The van der Waals surface area contributed by atoms with Gasteiger partial charge in [-0.1, -0.05) is 19.3 Å². The first kappa shape index (κ1) is 20.7. The van der Waals surface area contributed by atoms with Crippen LogP contribution in [0.15, 0.2) is 0 Å². The van der Waals surface area contributed by atoms with Crippen LogP contribution < -0.4 is 10.2 Å². The van der Waals surface area contributed by atoms with E-state index >= 15 is 0 Å². The predicted molar refractivity (Wildman–Crippen MR) is 114 cm³/mol. The summed E-state index contributed by atoms with van der Waals surface area (Å²) >= 11 is 0. The summed E-state index contributed by atoms with van der Waals surface area (Å²) in [5, 5.41) is 8.44. The number of carbonyl (C=O) groups excluding carboxylic acids is 1. The number of nitrogens with one attached hydrogen (secondary N) is 1. The van der Waals surface area contributed by atoms with E-state index in [-0.39, 0.29) is 0 Å². The predicted octanol–water partition coefficient (Wildman–Crippen LogP) is 2.23. The minimum Gasteiger partial charge on any atom is -0.378 e. The summed E-state index contributed by atoms with van der Waals surface area (Å²) in [5.74, 6) is 1.94. The lowest BCUT2D eigenvalue weighted by Crippen LogP contribution is -2.47. The molecular formula is C22H37N5O2. The molecule has 1 aromatic rings. The van der Waals surface area contributed by atoms with Crippen molar-refractivity contribution in [3.63, 3.8) is 0 Å². The number of ether oxygens (including phenoxy) is 1. The van der Waals surface area contributed by atoms with Gasteiger partial charge in [0.1, 0.15) is 5.82 Å². The van der Waals surface area contributed by atoms with E-state index in [0.29, 0.717) is 17.9 Å². The maximum atomic E-state index is 12.8. The van der Waals surface area contributed by atoms with Gasteiger partial charge in [0.05, 0.1) is 18.9 Å². The van der Waals surface area contributed by atoms with Crippen molar-refractivity contribution in [2.75, 3.05) is 44.3 Å². The van der Waals surface area contributed by atoms with Crippen LogP contribution in [-0.4, -0.2) is 66.0 Å². The molecule has 3 aliphatic rings. The zero-order chi connectivity index (χ0) is 20.2. The van der Waals surface area contributed by atoms with E-state index in [1.54, 1.807) is 0 Å². The molecular weight excluding hydrogens is 366 g/mol. The number of anilines is 1. The van der Waals surface area contributed by atoms with Gasteiger partial charge >= 0.3 is 0 Å². The van der Waals surface area contributed by atoms with Crippen molar-refractivity contribution in [2.45, 2.75) is 64.5 Å². The van der Waals surface area contributed by atoms with Crippen molar-refractivity contribution in [2.24, 2.45) is 13.0 Å². The quantitative estimate of drug-likeness (QED) is 0.817. The Bertz CT molecular complexity index is 684. The van der Waals surface area contributed by atoms with Crippen molar-refractivity contribution >= 4 is 11.7 Å². The number of aromatic nitrogens is 2. The average Bonchev–Trinajstić information content (AvgIpc) is 3.06. The summed E-state index contributed by atoms with van der Waals surface area (Å²) < 4.78 is 7.53.